The van der Waals surface area contributed by atoms with E-state index in [9.17, 15) is 65.8 Å². The summed E-state index contributed by atoms with van der Waals surface area (Å²) in [6.45, 7) is 6.74. The highest BCUT2D eigenvalue weighted by Gasteiger charge is 2.51. The highest BCUT2D eigenvalue weighted by atomic mass is 16.7. The minimum Gasteiger partial charge on any atom is -0.481 e. The van der Waals surface area contributed by atoms with Crippen LogP contribution in [0.15, 0.2) is 85.1 Å². The molecule has 18 nitrogen and oxygen atoms in total. The topological polar surface area (TPSA) is 320 Å². The molecule has 65 heavy (non-hydrogen) atoms. The summed E-state index contributed by atoms with van der Waals surface area (Å²) in [6.07, 6.45) is 3.46. The maximum absolute atomic E-state index is 12.6. The Bertz CT molecular complexity index is 1670. The number of aliphatic hydroxyl groups excluding tert-OH is 9. The van der Waals surface area contributed by atoms with Crippen molar-refractivity contribution in [3.63, 3.8) is 0 Å². The van der Waals surface area contributed by atoms with Gasteiger partial charge in [0.05, 0.1) is 79.6 Å². The summed E-state index contributed by atoms with van der Waals surface area (Å²) in [4.78, 5) is 25.1. The van der Waals surface area contributed by atoms with Crippen LogP contribution in [0.1, 0.15) is 79.1 Å². The highest BCUT2D eigenvalue weighted by molar-refractivity contribution is 5.71. The second-order valence-electron chi connectivity index (χ2n) is 17.6. The third-order valence-corrected chi connectivity index (χ3v) is 12.0. The van der Waals surface area contributed by atoms with Crippen LogP contribution in [0.5, 0.6) is 0 Å². The number of ether oxygens (including phenoxy) is 4. The summed E-state index contributed by atoms with van der Waals surface area (Å²) in [5.41, 5.74) is 6.02. The Kier molecular flexibility index (Phi) is 23.6. The monoisotopic (exact) mass is 923 g/mol. The summed E-state index contributed by atoms with van der Waals surface area (Å²) in [5, 5.41) is 118. The summed E-state index contributed by atoms with van der Waals surface area (Å²) < 4.78 is 23.1. The Labute approximate surface area is 381 Å². The van der Waals surface area contributed by atoms with Gasteiger partial charge < -0.3 is 80.9 Å². The van der Waals surface area contributed by atoms with E-state index in [0.29, 0.717) is 0 Å². The van der Waals surface area contributed by atoms with E-state index in [2.05, 4.69) is 0 Å². The average Bonchev–Trinajstić information content (AvgIpc) is 3.21. The van der Waals surface area contributed by atoms with Crippen LogP contribution in [0.4, 0.5) is 0 Å². The lowest BCUT2D eigenvalue weighted by atomic mass is 9.82. The van der Waals surface area contributed by atoms with Crippen molar-refractivity contribution in [2.45, 2.75) is 177 Å². The van der Waals surface area contributed by atoms with E-state index in [1.807, 2.05) is 19.1 Å². The van der Waals surface area contributed by atoms with Crippen LogP contribution in [0.2, 0.25) is 0 Å². The molecule has 3 aliphatic rings. The highest BCUT2D eigenvalue weighted by Crippen LogP contribution is 2.38. The lowest BCUT2D eigenvalue weighted by Gasteiger charge is -2.45. The molecule has 0 radical (unpaired) electrons. The lowest BCUT2D eigenvalue weighted by Crippen LogP contribution is -2.61. The van der Waals surface area contributed by atoms with E-state index in [1.165, 1.54) is 13.0 Å². The van der Waals surface area contributed by atoms with Crippen LogP contribution in [0, 0.1) is 17.8 Å². The Morgan fingerprint density at radius 3 is 1.82 bits per heavy atom. The van der Waals surface area contributed by atoms with Gasteiger partial charge in [-0.05, 0) is 33.1 Å². The zero-order valence-corrected chi connectivity index (χ0v) is 37.6. The average molecular weight is 924 g/mol. The van der Waals surface area contributed by atoms with Gasteiger partial charge in [0.2, 0.25) is 0 Å². The van der Waals surface area contributed by atoms with E-state index in [0.717, 1.165) is 0 Å². The maximum atomic E-state index is 12.6. The van der Waals surface area contributed by atoms with E-state index in [-0.39, 0.29) is 31.6 Å². The van der Waals surface area contributed by atoms with Crippen LogP contribution < -0.4 is 5.73 Å². The molecule has 368 valence electrons. The molecule has 0 unspecified atom stereocenters. The first-order valence-corrected chi connectivity index (χ1v) is 22.3. The van der Waals surface area contributed by atoms with Crippen molar-refractivity contribution >= 4 is 11.9 Å². The van der Waals surface area contributed by atoms with E-state index < -0.39 is 147 Å². The first-order chi connectivity index (χ1) is 30.6. The number of esters is 1. The summed E-state index contributed by atoms with van der Waals surface area (Å²) in [6, 6.07) is -1.15. The Hall–Kier alpha value is -3.44. The predicted octanol–water partition coefficient (Wildman–Crippen LogP) is 0.712. The molecular formula is C47H73NO17. The fourth-order valence-electron chi connectivity index (χ4n) is 7.97. The fourth-order valence-corrected chi connectivity index (χ4v) is 7.97. The Balaban J connectivity index is 1.86. The van der Waals surface area contributed by atoms with Gasteiger partial charge in [-0.2, -0.15) is 0 Å². The van der Waals surface area contributed by atoms with Gasteiger partial charge in [-0.25, -0.2) is 0 Å². The van der Waals surface area contributed by atoms with Crippen molar-refractivity contribution in [1.29, 1.82) is 0 Å². The second kappa shape index (κ2) is 27.4. The van der Waals surface area contributed by atoms with Crippen molar-refractivity contribution in [2.75, 3.05) is 0 Å². The van der Waals surface area contributed by atoms with Crippen LogP contribution in [-0.2, 0) is 28.5 Å². The van der Waals surface area contributed by atoms with E-state index in [1.54, 1.807) is 80.7 Å². The van der Waals surface area contributed by atoms with Crippen LogP contribution in [0.25, 0.3) is 0 Å². The molecule has 18 heteroatoms. The molecule has 3 heterocycles. The smallest absolute Gasteiger partial charge is 0.311 e. The number of aliphatic carboxylic acids is 1. The largest absolute Gasteiger partial charge is 0.481 e. The van der Waals surface area contributed by atoms with Crippen LogP contribution in [0.3, 0.4) is 0 Å². The Morgan fingerprint density at radius 1 is 0.662 bits per heavy atom. The van der Waals surface area contributed by atoms with E-state index in [4.69, 9.17) is 24.7 Å². The molecule has 0 aliphatic carbocycles. The summed E-state index contributed by atoms with van der Waals surface area (Å²) in [7, 11) is 0. The number of cyclic esters (lactones) is 1. The van der Waals surface area contributed by atoms with Gasteiger partial charge in [0.15, 0.2) is 12.1 Å². The molecule has 13 N–H and O–H groups in total. The zero-order chi connectivity index (χ0) is 48.4. The van der Waals surface area contributed by atoms with Gasteiger partial charge in [-0.15, -0.1) is 0 Å². The van der Waals surface area contributed by atoms with Gasteiger partial charge in [0.1, 0.15) is 18.1 Å². The standard InChI is InChI=1S/C47H73NO17/c1-27-17-15-13-11-9-7-5-6-8-10-12-14-16-18-34(64-46-44(58)41(48)43(57)30(4)63-46)24-38-40(45(59)60)37(54)26-47(61,65-38)25-33(51)22-36(53)35(52)20-19-31(49)21-32(50)23-39(55)62-29(3)28(2)42(27)56/h5-18,27-38,40-44,46,49-54,56-58,61H,19-26,48H2,1-4H3,(H,59,60)/b6-5+,9-7?,10-8?,13-11?,14-12?,17-15?,18-16?/t27-,28-,29-,30+,31+,32+,33-,34-,35+,36+,37-,38-,40+,41-,42+,43+,44-,46-,47+/m0/s1. The maximum Gasteiger partial charge on any atom is 0.311 e. The predicted molar refractivity (Wildman–Crippen MR) is 237 cm³/mol. The molecule has 2 saturated heterocycles. The molecule has 0 saturated carbocycles. The Morgan fingerprint density at radius 2 is 1.23 bits per heavy atom. The van der Waals surface area contributed by atoms with Crippen LogP contribution in [-0.4, -0.2) is 166 Å². The SMILES string of the molecule is C[C@@H]1[C@H](O)[C@@H](C)C=CC=CC=C/C=C/C=CC=CC=C[C@H](O[C@@H]2O[C@H](C)[C@@H](O)[C@H](N)[C@@H]2O)C[C@@H]2O[C@](O)(C[C@@H](O)C[C@@H](O)[C@H](O)CC[C@@H](O)C[C@@H](O)CC(=O)O[C@H]1C)C[C@H](O)[C@H]2C(=O)O. The number of carboxylic acid groups (broad SMARTS) is 1. The number of aliphatic hydroxyl groups is 10. The quantitative estimate of drug-likeness (QED) is 0.174. The molecule has 0 amide bonds. The fraction of sp³-hybridized carbons (Fsp3) is 0.660. The first-order valence-electron chi connectivity index (χ1n) is 22.3. The van der Waals surface area contributed by atoms with E-state index >= 15 is 0 Å². The summed E-state index contributed by atoms with van der Waals surface area (Å²) >= 11 is 0. The third-order valence-electron chi connectivity index (χ3n) is 12.0. The molecule has 2 fully saturated rings. The number of carboxylic acids is 1. The number of carbonyl (C=O) groups excluding carboxylic acids is 1. The number of hydrogen-bond donors (Lipinski definition) is 12. The molecule has 0 aromatic rings. The van der Waals surface area contributed by atoms with Gasteiger partial charge in [-0.1, -0.05) is 98.9 Å². The minimum absolute atomic E-state index is 0.107. The molecule has 3 aliphatic heterocycles. The van der Waals surface area contributed by atoms with Crippen LogP contribution >= 0.6 is 0 Å². The number of allylic oxidation sites excluding steroid dienone is 12. The number of nitrogens with two attached hydrogens (primary N) is 1. The zero-order valence-electron chi connectivity index (χ0n) is 37.6. The summed E-state index contributed by atoms with van der Waals surface area (Å²) in [5.74, 6) is -6.83. The van der Waals surface area contributed by atoms with Crippen molar-refractivity contribution in [1.82, 2.24) is 0 Å². The van der Waals surface area contributed by atoms with Gasteiger partial charge in [0, 0.05) is 37.5 Å². The molecule has 0 aromatic carbocycles. The van der Waals surface area contributed by atoms with Crippen molar-refractivity contribution in [3.05, 3.63) is 85.1 Å². The number of hydrogen-bond acceptors (Lipinski definition) is 17. The number of rotatable bonds is 3. The molecule has 0 aromatic heterocycles. The normalized spacial score (nSPS) is 42.5. The molecule has 0 spiro atoms. The second-order valence-corrected chi connectivity index (χ2v) is 17.6. The van der Waals surface area contributed by atoms with Crippen molar-refractivity contribution < 1.29 is 84.7 Å². The third kappa shape index (κ3) is 18.6. The number of carbonyl (C=O) groups is 2. The van der Waals surface area contributed by atoms with Crippen molar-refractivity contribution in [2.24, 2.45) is 23.5 Å². The van der Waals surface area contributed by atoms with Crippen molar-refractivity contribution in [3.8, 4) is 0 Å². The van der Waals surface area contributed by atoms with Gasteiger partial charge in [-0.3, -0.25) is 9.59 Å². The lowest BCUT2D eigenvalue weighted by molar-refractivity contribution is -0.308. The minimum atomic E-state index is -2.33. The molecular weight excluding hydrogens is 851 g/mol. The molecule has 2 bridgehead atoms. The van der Waals surface area contributed by atoms with Gasteiger partial charge >= 0.3 is 11.9 Å². The molecule has 3 rings (SSSR count). The molecule has 19 atom stereocenters. The van der Waals surface area contributed by atoms with Gasteiger partial charge in [0.25, 0.3) is 0 Å². The number of fused-ring (bicyclic) bond motifs is 2. The first kappa shape index (κ1) is 55.9.